The van der Waals surface area contributed by atoms with E-state index < -0.39 is 8.07 Å². The third-order valence-electron chi connectivity index (χ3n) is 8.47. The van der Waals surface area contributed by atoms with E-state index in [1.165, 1.54) is 32.4 Å². The molecule has 0 amide bonds. The monoisotopic (exact) mass is 503 g/mol. The first-order valence-electron chi connectivity index (χ1n) is 14.0. The molecule has 1 aliphatic carbocycles. The third-order valence-corrected chi connectivity index (χ3v) is 14.1. The number of hydrogen-bond acceptors (Lipinski definition) is 1. The van der Waals surface area contributed by atoms with Crippen LogP contribution in [0.25, 0.3) is 5.70 Å². The first-order valence-corrected chi connectivity index (χ1v) is 16.1. The SMILES string of the molecule is CC1C=NC(c2c(C(C)(C)C)cccc2[Si](c2ccccc2)(c2ccccc2)C2CC=CCC2C)=CC1. The average Bonchev–Trinajstić information content (AvgIpc) is 2.91. The van der Waals surface area contributed by atoms with Gasteiger partial charge >= 0.3 is 0 Å². The zero-order valence-electron chi connectivity index (χ0n) is 23.1. The van der Waals surface area contributed by atoms with Gasteiger partial charge in [0, 0.05) is 11.8 Å². The van der Waals surface area contributed by atoms with Gasteiger partial charge in [-0.2, -0.15) is 0 Å². The van der Waals surface area contributed by atoms with Crippen molar-refractivity contribution in [2.75, 3.05) is 0 Å². The van der Waals surface area contributed by atoms with Crippen molar-refractivity contribution in [1.29, 1.82) is 0 Å². The molecule has 0 radical (unpaired) electrons. The van der Waals surface area contributed by atoms with Crippen molar-refractivity contribution in [1.82, 2.24) is 0 Å². The number of benzene rings is 3. The van der Waals surface area contributed by atoms with E-state index in [2.05, 4.69) is 138 Å². The molecule has 3 atom stereocenters. The lowest BCUT2D eigenvalue weighted by atomic mass is 9.82. The van der Waals surface area contributed by atoms with Gasteiger partial charge in [0.1, 0.15) is 0 Å². The molecular formula is C35H41NSi. The summed E-state index contributed by atoms with van der Waals surface area (Å²) in [5, 5.41) is 4.55. The van der Waals surface area contributed by atoms with Crippen molar-refractivity contribution in [3.63, 3.8) is 0 Å². The molecule has 3 aromatic carbocycles. The van der Waals surface area contributed by atoms with Crippen LogP contribution in [-0.4, -0.2) is 14.3 Å². The predicted octanol–water partition coefficient (Wildman–Crippen LogP) is 7.26. The molecule has 0 spiro atoms. The number of allylic oxidation sites excluding steroid dienone is 3. The average molecular weight is 504 g/mol. The Hall–Kier alpha value is -2.97. The van der Waals surface area contributed by atoms with E-state index in [1.807, 2.05) is 0 Å². The molecule has 0 fully saturated rings. The van der Waals surface area contributed by atoms with Gasteiger partial charge in [-0.05, 0) is 63.2 Å². The summed E-state index contributed by atoms with van der Waals surface area (Å²) in [6, 6.07) is 30.1. The molecule has 0 N–H and O–H groups in total. The third kappa shape index (κ3) is 4.73. The Kier molecular flexibility index (Phi) is 7.23. The van der Waals surface area contributed by atoms with Crippen molar-refractivity contribution in [3.8, 4) is 0 Å². The number of rotatable bonds is 5. The van der Waals surface area contributed by atoms with Crippen molar-refractivity contribution < 1.29 is 0 Å². The molecule has 190 valence electrons. The van der Waals surface area contributed by atoms with Gasteiger partial charge in [-0.3, -0.25) is 4.99 Å². The van der Waals surface area contributed by atoms with E-state index >= 15 is 0 Å². The number of hydrogen-bond donors (Lipinski definition) is 0. The summed E-state index contributed by atoms with van der Waals surface area (Å²) in [6.45, 7) is 11.8. The number of aliphatic imine (C=N–C) groups is 1. The Bertz CT molecular complexity index is 1270. The first kappa shape index (κ1) is 25.7. The van der Waals surface area contributed by atoms with Crippen LogP contribution < -0.4 is 15.6 Å². The molecule has 0 aromatic heterocycles. The van der Waals surface area contributed by atoms with E-state index in [0.29, 0.717) is 17.4 Å². The minimum atomic E-state index is -2.51. The summed E-state index contributed by atoms with van der Waals surface area (Å²) in [5.74, 6) is 1.09. The van der Waals surface area contributed by atoms with Crippen LogP contribution in [0.15, 0.2) is 102 Å². The maximum Gasteiger partial charge on any atom is 0.152 e. The second kappa shape index (κ2) is 10.4. The molecule has 3 unspecified atom stereocenters. The molecule has 2 heteroatoms. The van der Waals surface area contributed by atoms with Crippen molar-refractivity contribution in [2.24, 2.45) is 16.8 Å². The van der Waals surface area contributed by atoms with Gasteiger partial charge in [-0.1, -0.05) is 132 Å². The summed E-state index contributed by atoms with van der Waals surface area (Å²) in [5.41, 5.74) is 4.53. The Morgan fingerprint density at radius 3 is 1.89 bits per heavy atom. The van der Waals surface area contributed by atoms with E-state index in [-0.39, 0.29) is 5.41 Å². The summed E-state index contributed by atoms with van der Waals surface area (Å²) < 4.78 is 0. The lowest BCUT2D eigenvalue weighted by Gasteiger charge is -2.46. The Balaban J connectivity index is 1.94. The highest BCUT2D eigenvalue weighted by Gasteiger charge is 2.50. The van der Waals surface area contributed by atoms with Gasteiger partial charge in [0.05, 0.1) is 5.70 Å². The zero-order chi connectivity index (χ0) is 26.0. The Labute approximate surface area is 225 Å². The van der Waals surface area contributed by atoms with E-state index in [0.717, 1.165) is 19.3 Å². The molecular weight excluding hydrogens is 462 g/mol. The normalized spacial score (nSPS) is 22.1. The molecule has 1 nitrogen and oxygen atoms in total. The van der Waals surface area contributed by atoms with Crippen molar-refractivity contribution >= 4 is 35.5 Å². The molecule has 2 aliphatic rings. The molecule has 0 saturated carbocycles. The minimum Gasteiger partial charge on any atom is -0.261 e. The van der Waals surface area contributed by atoms with Crippen molar-refractivity contribution in [2.45, 2.75) is 64.8 Å². The minimum absolute atomic E-state index is 0.0103. The summed E-state index contributed by atoms with van der Waals surface area (Å²) >= 11 is 0. The second-order valence-corrected chi connectivity index (χ2v) is 16.2. The van der Waals surface area contributed by atoms with E-state index in [9.17, 15) is 0 Å². The topological polar surface area (TPSA) is 12.4 Å². The van der Waals surface area contributed by atoms with E-state index in [1.54, 1.807) is 0 Å². The summed E-state index contributed by atoms with van der Waals surface area (Å²) in [4.78, 5) is 5.12. The molecule has 5 rings (SSSR count). The maximum atomic E-state index is 5.12. The Morgan fingerprint density at radius 1 is 0.730 bits per heavy atom. The molecule has 3 aromatic rings. The quantitative estimate of drug-likeness (QED) is 0.197. The standard InChI is InChI=1S/C35H41NSi/c1-26-23-24-31(36-25-26)34-30(35(3,4)5)20-14-22-33(34)37(28-16-8-6-9-17-28,29-18-10-7-11-19-29)32-21-13-12-15-27(32)2/h6-14,16-20,22,24-27,32H,15,21,23H2,1-5H3. The van der Waals surface area contributed by atoms with Crippen LogP contribution in [0.4, 0.5) is 0 Å². The highest BCUT2D eigenvalue weighted by atomic mass is 28.3. The largest absolute Gasteiger partial charge is 0.261 e. The van der Waals surface area contributed by atoms with Crippen LogP contribution in [0.5, 0.6) is 0 Å². The smallest absolute Gasteiger partial charge is 0.152 e. The van der Waals surface area contributed by atoms with E-state index in [4.69, 9.17) is 4.99 Å². The van der Waals surface area contributed by atoms with Gasteiger partial charge in [-0.15, -0.1) is 0 Å². The van der Waals surface area contributed by atoms with Crippen LogP contribution in [0, 0.1) is 11.8 Å². The van der Waals surface area contributed by atoms with Gasteiger partial charge in [0.15, 0.2) is 8.07 Å². The van der Waals surface area contributed by atoms with Gasteiger partial charge in [-0.25, -0.2) is 0 Å². The number of nitrogens with zero attached hydrogens (tertiary/aromatic N) is 1. The highest BCUT2D eigenvalue weighted by molar-refractivity contribution is 7.12. The van der Waals surface area contributed by atoms with Crippen LogP contribution >= 0.6 is 0 Å². The first-order chi connectivity index (χ1) is 17.8. The predicted molar refractivity (Wildman–Crippen MR) is 164 cm³/mol. The molecule has 0 bridgehead atoms. The summed E-state index contributed by atoms with van der Waals surface area (Å²) in [6.07, 6.45) is 12.7. The van der Waals surface area contributed by atoms with Crippen molar-refractivity contribution in [3.05, 3.63) is 108 Å². The molecule has 0 saturated heterocycles. The maximum absolute atomic E-state index is 5.12. The van der Waals surface area contributed by atoms with Crippen LogP contribution in [0.1, 0.15) is 65.0 Å². The fourth-order valence-electron chi connectivity index (χ4n) is 6.63. The molecule has 37 heavy (non-hydrogen) atoms. The van der Waals surface area contributed by atoms with Gasteiger partial charge in [0.2, 0.25) is 0 Å². The Morgan fingerprint density at radius 2 is 1.35 bits per heavy atom. The fraction of sp³-hybridized carbons (Fsp3) is 0.343. The lowest BCUT2D eigenvalue weighted by molar-refractivity contribution is 0.517. The molecule has 1 aliphatic heterocycles. The fourth-order valence-corrected chi connectivity index (χ4v) is 12.8. The van der Waals surface area contributed by atoms with Crippen LogP contribution in [-0.2, 0) is 5.41 Å². The van der Waals surface area contributed by atoms with Gasteiger partial charge in [0.25, 0.3) is 0 Å². The molecule has 1 heterocycles. The highest BCUT2D eigenvalue weighted by Crippen LogP contribution is 2.41. The zero-order valence-corrected chi connectivity index (χ0v) is 24.1. The van der Waals surface area contributed by atoms with Crippen LogP contribution in [0.2, 0.25) is 5.54 Å². The van der Waals surface area contributed by atoms with Gasteiger partial charge < -0.3 is 0 Å². The summed E-state index contributed by atoms with van der Waals surface area (Å²) in [7, 11) is -2.51. The van der Waals surface area contributed by atoms with Crippen LogP contribution in [0.3, 0.4) is 0 Å². The second-order valence-electron chi connectivity index (χ2n) is 12.1. The lowest BCUT2D eigenvalue weighted by Crippen LogP contribution is -2.71.